The third kappa shape index (κ3) is 8.01. The Morgan fingerprint density at radius 2 is 1.49 bits per heavy atom. The van der Waals surface area contributed by atoms with Gasteiger partial charge in [0.05, 0.1) is 17.1 Å². The van der Waals surface area contributed by atoms with E-state index in [1.54, 1.807) is 30.3 Å². The van der Waals surface area contributed by atoms with Gasteiger partial charge in [-0.25, -0.2) is 10.3 Å². The fourth-order valence-electron chi connectivity index (χ4n) is 3.28. The predicted molar refractivity (Wildman–Crippen MR) is 154 cm³/mol. The number of amides is 2. The summed E-state index contributed by atoms with van der Waals surface area (Å²) in [5.41, 5.74) is 13.2. The molecular weight excluding hydrogens is 518 g/mol. The molecule has 0 aliphatic heterocycles. The van der Waals surface area contributed by atoms with Crippen molar-refractivity contribution in [2.24, 2.45) is 21.1 Å². The zero-order valence-electron chi connectivity index (χ0n) is 22.8. The third-order valence-corrected chi connectivity index (χ3v) is 5.21. The molecule has 0 bridgehead atoms. The summed E-state index contributed by atoms with van der Waals surface area (Å²) in [6, 6.07) is 17.1. The molecule has 0 saturated heterocycles. The fourth-order valence-corrected chi connectivity index (χ4v) is 3.44. The summed E-state index contributed by atoms with van der Waals surface area (Å²) in [7, 11) is 0. The summed E-state index contributed by atoms with van der Waals surface area (Å²) < 4.78 is 6.93. The van der Waals surface area contributed by atoms with Crippen LogP contribution in [0.15, 0.2) is 76.0 Å². The summed E-state index contributed by atoms with van der Waals surface area (Å²) in [5, 5.41) is 21.0. The van der Waals surface area contributed by atoms with E-state index >= 15 is 0 Å². The number of para-hydroxylation sites is 1. The molecule has 0 fully saturated rings. The lowest BCUT2D eigenvalue weighted by atomic mass is 10.1. The topological polar surface area (TPSA) is 179 Å². The molecule has 12 nitrogen and oxygen atoms in total. The number of hydrogen-bond acceptors (Lipinski definition) is 10. The number of anilines is 5. The van der Waals surface area contributed by atoms with Crippen molar-refractivity contribution in [3.8, 4) is 0 Å². The summed E-state index contributed by atoms with van der Waals surface area (Å²) in [6.07, 6.45) is 0. The number of azo groups is 1. The minimum absolute atomic E-state index is 0.0114. The Bertz CT molecular complexity index is 1530. The molecule has 13 heteroatoms. The number of aromatic nitrogens is 3. The van der Waals surface area contributed by atoms with Gasteiger partial charge in [0.15, 0.2) is 0 Å². The highest BCUT2D eigenvalue weighted by molar-refractivity contribution is 6.28. The molecule has 0 radical (unpaired) electrons. The standard InChI is InChI=1S/C24H22ClN11O.C2H6/c1-13-11-19(14(2)10-18(13)34-27)36-35-17-9-8-16(12-20(17)30-22(26)37)29-24-32-21(25)31-23(33-24)28-15-6-4-3-5-7-15;1-2/h3-12,27H,1-2H3,(H3,26,30,37)(H2,28,29,31,32,33);1-2H3/i/hD. The van der Waals surface area contributed by atoms with Crippen LogP contribution in [-0.2, 0) is 0 Å². The monoisotopic (exact) mass is 546 g/mol. The van der Waals surface area contributed by atoms with Gasteiger partial charge in [-0.05, 0) is 79.0 Å². The van der Waals surface area contributed by atoms with Gasteiger partial charge in [-0.2, -0.15) is 25.2 Å². The SMILES string of the molecule is CC.[2H]N=Nc1cc(C)c(N=Nc2ccc(Nc3nc(Cl)nc(Nc4ccccc4)n3)cc2NC(N)=O)cc1C. The highest BCUT2D eigenvalue weighted by Crippen LogP contribution is 2.33. The van der Waals surface area contributed by atoms with E-state index in [9.17, 15) is 4.79 Å². The van der Waals surface area contributed by atoms with Crippen LogP contribution in [0.1, 0.15) is 25.0 Å². The largest absolute Gasteiger partial charge is 0.351 e. The number of benzene rings is 3. The summed E-state index contributed by atoms with van der Waals surface area (Å²) in [4.78, 5) is 24.2. The normalized spacial score (nSPS) is 11.1. The molecule has 1 aromatic heterocycles. The number of halogens is 1. The number of primary amides is 1. The molecule has 0 aliphatic carbocycles. The molecule has 3 aromatic carbocycles. The van der Waals surface area contributed by atoms with E-state index in [1.165, 1.54) is 0 Å². The first-order valence-corrected chi connectivity index (χ1v) is 12.3. The Morgan fingerprint density at radius 3 is 2.15 bits per heavy atom. The molecule has 4 rings (SSSR count). The minimum atomic E-state index is -0.770. The van der Waals surface area contributed by atoms with Gasteiger partial charge in [0.1, 0.15) is 5.69 Å². The van der Waals surface area contributed by atoms with E-state index in [0.29, 0.717) is 28.4 Å². The van der Waals surface area contributed by atoms with Crippen LogP contribution in [0.5, 0.6) is 0 Å². The zero-order valence-corrected chi connectivity index (χ0v) is 22.5. The molecule has 0 spiro atoms. The lowest BCUT2D eigenvalue weighted by Crippen LogP contribution is -2.19. The van der Waals surface area contributed by atoms with Gasteiger partial charge in [0.2, 0.25) is 18.6 Å². The maximum absolute atomic E-state index is 11.7. The number of nitrogens with one attached hydrogen (secondary N) is 4. The van der Waals surface area contributed by atoms with Crippen LogP contribution in [0, 0.1) is 19.4 Å². The number of nitrogens with zero attached hydrogens (tertiary/aromatic N) is 6. The maximum Gasteiger partial charge on any atom is 0.316 e. The van der Waals surface area contributed by atoms with Crippen LogP contribution in [0.3, 0.4) is 0 Å². The van der Waals surface area contributed by atoms with Crippen molar-refractivity contribution >= 4 is 63.7 Å². The first kappa shape index (κ1) is 27.1. The first-order valence-electron chi connectivity index (χ1n) is 12.3. The van der Waals surface area contributed by atoms with Crippen molar-refractivity contribution in [2.45, 2.75) is 27.7 Å². The molecule has 2 amide bonds. The number of carbonyl (C=O) groups is 1. The predicted octanol–water partition coefficient (Wildman–Crippen LogP) is 8.22. The number of carbonyl (C=O) groups excluding carboxylic acids is 1. The lowest BCUT2D eigenvalue weighted by Gasteiger charge is -2.11. The van der Waals surface area contributed by atoms with Gasteiger partial charge in [-0.3, -0.25) is 0 Å². The molecule has 4 aromatic rings. The van der Waals surface area contributed by atoms with Crippen LogP contribution < -0.4 is 21.7 Å². The summed E-state index contributed by atoms with van der Waals surface area (Å²) >= 11 is 6.09. The fraction of sp³-hybridized carbons (Fsp3) is 0.154. The zero-order chi connectivity index (χ0) is 29.1. The number of nitrogens with two attached hydrogens (primary N) is 1. The Morgan fingerprint density at radius 1 is 0.872 bits per heavy atom. The Labute approximate surface area is 232 Å². The highest BCUT2D eigenvalue weighted by Gasteiger charge is 2.10. The van der Waals surface area contributed by atoms with Crippen LogP contribution in [0.2, 0.25) is 6.70 Å². The van der Waals surface area contributed by atoms with Gasteiger partial charge in [-0.1, -0.05) is 32.0 Å². The Hall–Kier alpha value is -4.97. The number of aryl methyl sites for hydroxylation is 2. The third-order valence-electron chi connectivity index (χ3n) is 5.04. The molecule has 0 aliphatic rings. The van der Waals surface area contributed by atoms with E-state index in [4.69, 9.17) is 18.7 Å². The molecule has 0 atom stereocenters. The van der Waals surface area contributed by atoms with E-state index in [2.05, 4.69) is 51.8 Å². The van der Waals surface area contributed by atoms with Gasteiger partial charge < -0.3 is 21.7 Å². The van der Waals surface area contributed by atoms with Gasteiger partial charge in [0, 0.05) is 11.4 Å². The molecule has 1 heterocycles. The maximum atomic E-state index is 11.7. The first-order chi connectivity index (χ1) is 19.3. The van der Waals surface area contributed by atoms with Gasteiger partial charge >= 0.3 is 6.03 Å². The van der Waals surface area contributed by atoms with Crippen LogP contribution in [0.4, 0.5) is 50.8 Å². The average molecular weight is 547 g/mol. The van der Waals surface area contributed by atoms with Gasteiger partial charge in [0.25, 0.3) is 0 Å². The van der Waals surface area contributed by atoms with Crippen molar-refractivity contribution in [3.63, 3.8) is 0 Å². The molecule has 6 N–H and O–H groups in total. The van der Waals surface area contributed by atoms with Crippen molar-refractivity contribution < 1.29 is 6.21 Å². The van der Waals surface area contributed by atoms with Crippen molar-refractivity contribution in [3.05, 3.63) is 77.1 Å². The quantitative estimate of drug-likeness (QED) is 0.139. The van der Waals surface area contributed by atoms with Gasteiger partial charge in [-0.15, -0.1) is 5.11 Å². The second kappa shape index (κ2) is 13.5. The second-order valence-electron chi connectivity index (χ2n) is 7.81. The molecular formula is C26H28ClN11O. The number of rotatable bonds is 8. The van der Waals surface area contributed by atoms with E-state index < -0.39 is 6.03 Å². The summed E-state index contributed by atoms with van der Waals surface area (Å²) in [5.74, 6) is 0.430. The van der Waals surface area contributed by atoms with E-state index in [0.717, 1.165) is 16.8 Å². The van der Waals surface area contributed by atoms with E-state index in [-0.39, 0.29) is 17.2 Å². The second-order valence-corrected chi connectivity index (χ2v) is 8.15. The molecule has 0 saturated carbocycles. The van der Waals surface area contributed by atoms with Crippen molar-refractivity contribution in [1.29, 1.82) is 5.52 Å². The summed E-state index contributed by atoms with van der Waals surface area (Å²) in [6.45, 7) is 7.67. The molecule has 200 valence electrons. The van der Waals surface area contributed by atoms with Crippen LogP contribution >= 0.6 is 11.6 Å². The smallest absolute Gasteiger partial charge is 0.316 e. The van der Waals surface area contributed by atoms with Crippen LogP contribution in [0.25, 0.3) is 0 Å². The molecule has 39 heavy (non-hydrogen) atoms. The van der Waals surface area contributed by atoms with E-state index in [1.807, 2.05) is 58.0 Å². The molecule has 0 unspecified atom stereocenters. The van der Waals surface area contributed by atoms with Crippen molar-refractivity contribution in [1.82, 2.24) is 15.0 Å². The minimum Gasteiger partial charge on any atom is -0.351 e. The Kier molecular flexibility index (Phi) is 9.40. The highest BCUT2D eigenvalue weighted by atomic mass is 35.5. The number of hydrogen-bond donors (Lipinski definition) is 5. The number of urea groups is 1. The van der Waals surface area contributed by atoms with Crippen molar-refractivity contribution in [2.75, 3.05) is 16.0 Å². The average Bonchev–Trinajstić information content (AvgIpc) is 2.92. The Balaban J connectivity index is 0.00000216. The van der Waals surface area contributed by atoms with Crippen LogP contribution in [-0.4, -0.2) is 21.0 Å². The lowest BCUT2D eigenvalue weighted by molar-refractivity contribution is 0.259.